The molecule has 7 heteroatoms. The molecule has 2 aromatic rings. The minimum absolute atomic E-state index is 0.0229. The van der Waals surface area contributed by atoms with Gasteiger partial charge in [0, 0.05) is 12.2 Å². The average Bonchev–Trinajstić information content (AvgIpc) is 3.16. The van der Waals surface area contributed by atoms with E-state index >= 15 is 0 Å². The Morgan fingerprint density at radius 2 is 1.69 bits per heavy atom. The van der Waals surface area contributed by atoms with Gasteiger partial charge in [-0.25, -0.2) is 0 Å². The van der Waals surface area contributed by atoms with Gasteiger partial charge in [0.25, 0.3) is 5.91 Å². The number of amides is 1. The van der Waals surface area contributed by atoms with E-state index in [2.05, 4.69) is 0 Å². The number of methoxy groups -OCH3 is 3. The van der Waals surface area contributed by atoms with Gasteiger partial charge in [-0.2, -0.15) is 0 Å². The maximum absolute atomic E-state index is 12.8. The minimum atomic E-state index is -0.879. The van der Waals surface area contributed by atoms with E-state index < -0.39 is 12.1 Å². The fourth-order valence-electron chi connectivity index (χ4n) is 3.48. The average molecular weight is 399 g/mol. The summed E-state index contributed by atoms with van der Waals surface area (Å²) in [6.45, 7) is 2.18. The van der Waals surface area contributed by atoms with Crippen LogP contribution in [0.4, 0.5) is 5.69 Å². The summed E-state index contributed by atoms with van der Waals surface area (Å²) in [5.74, 6) is 0.615. The lowest BCUT2D eigenvalue weighted by molar-refractivity contribution is -0.153. The first-order chi connectivity index (χ1) is 14.0. The Kier molecular flexibility index (Phi) is 6.26. The fourth-order valence-corrected chi connectivity index (χ4v) is 3.48. The topological polar surface area (TPSA) is 74.3 Å². The van der Waals surface area contributed by atoms with Crippen molar-refractivity contribution in [3.8, 4) is 17.2 Å². The summed E-state index contributed by atoms with van der Waals surface area (Å²) >= 11 is 0. The van der Waals surface area contributed by atoms with Crippen LogP contribution in [0.1, 0.15) is 18.1 Å². The first kappa shape index (κ1) is 20.5. The van der Waals surface area contributed by atoms with Gasteiger partial charge < -0.3 is 23.8 Å². The molecule has 0 bridgehead atoms. The number of fused-ring (bicyclic) bond motifs is 1. The van der Waals surface area contributed by atoms with Gasteiger partial charge in [0.15, 0.2) is 17.6 Å². The lowest BCUT2D eigenvalue weighted by Gasteiger charge is -2.22. The number of para-hydroxylation sites is 1. The Hall–Kier alpha value is -3.22. The fraction of sp³-hybridized carbons (Fsp3) is 0.364. The quantitative estimate of drug-likeness (QED) is 0.667. The van der Waals surface area contributed by atoms with E-state index in [4.69, 9.17) is 18.9 Å². The molecule has 0 aliphatic carbocycles. The third-order valence-corrected chi connectivity index (χ3v) is 4.88. The van der Waals surface area contributed by atoms with Crippen LogP contribution >= 0.6 is 0 Å². The molecule has 3 rings (SSSR count). The summed E-state index contributed by atoms with van der Waals surface area (Å²) in [6, 6.07) is 11.1. The van der Waals surface area contributed by atoms with E-state index in [0.717, 1.165) is 17.7 Å². The van der Waals surface area contributed by atoms with E-state index in [1.807, 2.05) is 24.3 Å². The van der Waals surface area contributed by atoms with E-state index in [1.54, 1.807) is 24.0 Å². The molecule has 0 saturated heterocycles. The van der Waals surface area contributed by atoms with Crippen LogP contribution in [0.3, 0.4) is 0 Å². The van der Waals surface area contributed by atoms with Gasteiger partial charge >= 0.3 is 5.97 Å². The molecule has 29 heavy (non-hydrogen) atoms. The lowest BCUT2D eigenvalue weighted by atomic mass is 10.1. The normalized spacial score (nSPS) is 13.4. The van der Waals surface area contributed by atoms with Gasteiger partial charge in [-0.05, 0) is 42.7 Å². The highest BCUT2D eigenvalue weighted by atomic mass is 16.5. The summed E-state index contributed by atoms with van der Waals surface area (Å²) in [6.07, 6.45) is -0.102. The Morgan fingerprint density at radius 1 is 1.03 bits per heavy atom. The van der Waals surface area contributed by atoms with Crippen LogP contribution in [0.2, 0.25) is 0 Å². The molecule has 1 heterocycles. The second kappa shape index (κ2) is 8.86. The van der Waals surface area contributed by atoms with E-state index in [0.29, 0.717) is 29.4 Å². The summed E-state index contributed by atoms with van der Waals surface area (Å²) in [7, 11) is 4.53. The zero-order valence-electron chi connectivity index (χ0n) is 17.1. The number of hydrogen-bond acceptors (Lipinski definition) is 6. The molecule has 1 atom stereocenters. The van der Waals surface area contributed by atoms with Gasteiger partial charge in [-0.15, -0.1) is 0 Å². The van der Waals surface area contributed by atoms with E-state index in [1.165, 1.54) is 21.3 Å². The Labute approximate surface area is 170 Å². The van der Waals surface area contributed by atoms with Crippen molar-refractivity contribution in [3.05, 3.63) is 47.5 Å². The van der Waals surface area contributed by atoms with Crippen LogP contribution < -0.4 is 19.1 Å². The minimum Gasteiger partial charge on any atom is -0.493 e. The van der Waals surface area contributed by atoms with Crippen molar-refractivity contribution in [2.24, 2.45) is 0 Å². The van der Waals surface area contributed by atoms with Crippen LogP contribution in [0.25, 0.3) is 0 Å². The smallest absolute Gasteiger partial charge is 0.311 e. The summed E-state index contributed by atoms with van der Waals surface area (Å²) in [4.78, 5) is 26.9. The van der Waals surface area contributed by atoms with Crippen LogP contribution in [-0.4, -0.2) is 45.9 Å². The van der Waals surface area contributed by atoms with Crippen molar-refractivity contribution in [1.82, 2.24) is 0 Å². The number of carbonyl (C=O) groups excluding carboxylic acids is 2. The molecule has 7 nitrogen and oxygen atoms in total. The van der Waals surface area contributed by atoms with E-state index in [9.17, 15) is 9.59 Å². The van der Waals surface area contributed by atoms with Crippen molar-refractivity contribution >= 4 is 17.6 Å². The van der Waals surface area contributed by atoms with Crippen molar-refractivity contribution < 1.29 is 28.5 Å². The van der Waals surface area contributed by atoms with Crippen molar-refractivity contribution in [2.45, 2.75) is 25.9 Å². The van der Waals surface area contributed by atoms with Crippen molar-refractivity contribution in [3.63, 3.8) is 0 Å². The molecule has 1 amide bonds. The molecule has 1 aliphatic heterocycles. The molecule has 0 fully saturated rings. The largest absolute Gasteiger partial charge is 0.493 e. The van der Waals surface area contributed by atoms with Gasteiger partial charge in [0.05, 0.1) is 27.8 Å². The number of carbonyl (C=O) groups is 2. The van der Waals surface area contributed by atoms with Gasteiger partial charge in [-0.1, -0.05) is 18.2 Å². The standard InChI is InChI=1S/C22H25NO6/c1-14(22(25)23-10-9-16-7-5-6-8-17(16)23)29-20(24)13-15-11-18(26-2)21(28-4)19(12-15)27-3/h5-8,11-12,14H,9-10,13H2,1-4H3/t14-/m1/s1. The maximum Gasteiger partial charge on any atom is 0.311 e. The van der Waals surface area contributed by atoms with E-state index in [-0.39, 0.29) is 12.3 Å². The van der Waals surface area contributed by atoms with Crippen LogP contribution in [0.5, 0.6) is 17.2 Å². The Balaban J connectivity index is 1.67. The summed E-state index contributed by atoms with van der Waals surface area (Å²) < 4.78 is 21.3. The molecule has 0 N–H and O–H groups in total. The molecular formula is C22H25NO6. The molecular weight excluding hydrogens is 374 g/mol. The summed E-state index contributed by atoms with van der Waals surface area (Å²) in [5.41, 5.74) is 2.64. The Bertz CT molecular complexity index is 885. The van der Waals surface area contributed by atoms with Gasteiger partial charge in [0.1, 0.15) is 0 Å². The molecule has 0 spiro atoms. The number of hydrogen-bond donors (Lipinski definition) is 0. The maximum atomic E-state index is 12.8. The number of ether oxygens (including phenoxy) is 4. The highest BCUT2D eigenvalue weighted by Gasteiger charge is 2.29. The van der Waals surface area contributed by atoms with Crippen LogP contribution in [0.15, 0.2) is 36.4 Å². The molecule has 154 valence electrons. The molecule has 0 radical (unpaired) electrons. The molecule has 2 aromatic carbocycles. The molecule has 0 unspecified atom stereocenters. The van der Waals surface area contributed by atoms with Crippen LogP contribution in [-0.2, 0) is 27.2 Å². The number of anilines is 1. The second-order valence-electron chi connectivity index (χ2n) is 6.71. The third-order valence-electron chi connectivity index (χ3n) is 4.88. The molecule has 0 saturated carbocycles. The SMILES string of the molecule is COc1cc(CC(=O)O[C@H](C)C(=O)N2CCc3ccccc32)cc(OC)c1OC. The second-order valence-corrected chi connectivity index (χ2v) is 6.71. The Morgan fingerprint density at radius 3 is 2.31 bits per heavy atom. The zero-order chi connectivity index (χ0) is 21.0. The van der Waals surface area contributed by atoms with Crippen LogP contribution in [0, 0.1) is 0 Å². The number of benzene rings is 2. The lowest BCUT2D eigenvalue weighted by Crippen LogP contribution is -2.39. The predicted molar refractivity (Wildman–Crippen MR) is 108 cm³/mol. The zero-order valence-corrected chi connectivity index (χ0v) is 17.1. The monoisotopic (exact) mass is 399 g/mol. The van der Waals surface area contributed by atoms with Gasteiger partial charge in [-0.3, -0.25) is 9.59 Å². The highest BCUT2D eigenvalue weighted by molar-refractivity contribution is 5.99. The number of rotatable bonds is 7. The van der Waals surface area contributed by atoms with Crippen molar-refractivity contribution in [1.29, 1.82) is 0 Å². The molecule has 0 aromatic heterocycles. The van der Waals surface area contributed by atoms with Crippen molar-refractivity contribution in [2.75, 3.05) is 32.8 Å². The predicted octanol–water partition coefficient (Wildman–Crippen LogP) is 2.78. The highest BCUT2D eigenvalue weighted by Crippen LogP contribution is 2.38. The molecule has 1 aliphatic rings. The first-order valence-electron chi connectivity index (χ1n) is 9.36. The van der Waals surface area contributed by atoms with Gasteiger partial charge in [0.2, 0.25) is 5.75 Å². The third kappa shape index (κ3) is 4.29. The number of esters is 1. The number of nitrogens with zero attached hydrogens (tertiary/aromatic N) is 1. The summed E-state index contributed by atoms with van der Waals surface area (Å²) in [5, 5.41) is 0. The first-order valence-corrected chi connectivity index (χ1v) is 9.36.